The number of hydrogen-bond acceptors (Lipinski definition) is 4. The first-order valence-electron chi connectivity index (χ1n) is 7.50. The number of hydrogen-bond donors (Lipinski definition) is 1. The summed E-state index contributed by atoms with van der Waals surface area (Å²) >= 11 is 0. The molecule has 2 atom stereocenters. The molecule has 0 aromatic rings. The summed E-state index contributed by atoms with van der Waals surface area (Å²) < 4.78 is 11.5. The van der Waals surface area contributed by atoms with Crippen molar-refractivity contribution >= 4 is 5.91 Å². The fraction of sp³-hybridized carbons (Fsp3) is 0.929. The predicted molar refractivity (Wildman–Crippen MR) is 70.7 cm³/mol. The van der Waals surface area contributed by atoms with Crippen molar-refractivity contribution in [2.75, 3.05) is 26.3 Å². The third-order valence-electron chi connectivity index (χ3n) is 4.68. The Balaban J connectivity index is 1.62. The second kappa shape index (κ2) is 5.38. The first-order chi connectivity index (χ1) is 9.19. The molecule has 2 heterocycles. The highest BCUT2D eigenvalue weighted by molar-refractivity contribution is 5.86. The molecule has 0 spiro atoms. The molecule has 2 saturated heterocycles. The Morgan fingerprint density at radius 1 is 1.11 bits per heavy atom. The van der Waals surface area contributed by atoms with Crippen LogP contribution in [0.4, 0.5) is 0 Å². The van der Waals surface area contributed by atoms with Crippen molar-refractivity contribution in [3.05, 3.63) is 0 Å². The van der Waals surface area contributed by atoms with E-state index in [-0.39, 0.29) is 18.1 Å². The molecule has 2 N–H and O–H groups in total. The van der Waals surface area contributed by atoms with E-state index >= 15 is 0 Å². The smallest absolute Gasteiger partial charge is 0.242 e. The summed E-state index contributed by atoms with van der Waals surface area (Å²) in [6, 6.07) is 0. The molecule has 2 aliphatic heterocycles. The minimum atomic E-state index is -0.613. The molecular weight excluding hydrogens is 244 g/mol. The first kappa shape index (κ1) is 13.3. The number of carbonyl (C=O) groups is 1. The van der Waals surface area contributed by atoms with Crippen LogP contribution in [0.25, 0.3) is 0 Å². The molecular formula is C14H24N2O3. The zero-order chi connectivity index (χ0) is 13.3. The van der Waals surface area contributed by atoms with Gasteiger partial charge in [-0.05, 0) is 25.7 Å². The zero-order valence-corrected chi connectivity index (χ0v) is 11.5. The van der Waals surface area contributed by atoms with Crippen LogP contribution in [0.3, 0.4) is 0 Å². The maximum atomic E-state index is 12.6. The second-order valence-electron chi connectivity index (χ2n) is 6.08. The Morgan fingerprint density at radius 2 is 1.84 bits per heavy atom. The van der Waals surface area contributed by atoms with Gasteiger partial charge in [-0.25, -0.2) is 0 Å². The van der Waals surface area contributed by atoms with E-state index < -0.39 is 5.54 Å². The lowest BCUT2D eigenvalue weighted by atomic mass is 9.96. The third kappa shape index (κ3) is 2.64. The number of nitrogens with zero attached hydrogens (tertiary/aromatic N) is 1. The summed E-state index contributed by atoms with van der Waals surface area (Å²) in [7, 11) is 0. The van der Waals surface area contributed by atoms with Crippen molar-refractivity contribution in [3.8, 4) is 0 Å². The van der Waals surface area contributed by atoms with Crippen molar-refractivity contribution in [2.45, 2.75) is 56.3 Å². The van der Waals surface area contributed by atoms with E-state index in [9.17, 15) is 4.79 Å². The van der Waals surface area contributed by atoms with E-state index in [1.54, 1.807) is 0 Å². The van der Waals surface area contributed by atoms with E-state index in [0.29, 0.717) is 19.7 Å². The highest BCUT2D eigenvalue weighted by Crippen LogP contribution is 2.30. The average molecular weight is 268 g/mol. The summed E-state index contributed by atoms with van der Waals surface area (Å²) in [6.07, 6.45) is 6.13. The fourth-order valence-corrected chi connectivity index (χ4v) is 3.52. The van der Waals surface area contributed by atoms with Gasteiger partial charge in [-0.1, -0.05) is 12.8 Å². The minimum Gasteiger partial charge on any atom is -0.375 e. The van der Waals surface area contributed by atoms with Gasteiger partial charge in [0, 0.05) is 19.7 Å². The molecule has 3 rings (SSSR count). The normalized spacial score (nSPS) is 34.7. The van der Waals surface area contributed by atoms with Crippen LogP contribution in [-0.4, -0.2) is 54.9 Å². The zero-order valence-electron chi connectivity index (χ0n) is 11.5. The van der Waals surface area contributed by atoms with Gasteiger partial charge in [-0.15, -0.1) is 0 Å². The molecule has 3 aliphatic rings. The predicted octanol–water partition coefficient (Wildman–Crippen LogP) is 0.664. The number of ether oxygens (including phenoxy) is 2. The Bertz CT molecular complexity index is 336. The number of rotatable bonds is 2. The quantitative estimate of drug-likeness (QED) is 0.799. The van der Waals surface area contributed by atoms with Crippen LogP contribution in [0.5, 0.6) is 0 Å². The van der Waals surface area contributed by atoms with Gasteiger partial charge in [0.1, 0.15) is 6.10 Å². The van der Waals surface area contributed by atoms with E-state index in [0.717, 1.165) is 45.1 Å². The van der Waals surface area contributed by atoms with Gasteiger partial charge in [-0.3, -0.25) is 4.79 Å². The van der Waals surface area contributed by atoms with Crippen molar-refractivity contribution < 1.29 is 14.3 Å². The van der Waals surface area contributed by atoms with Crippen molar-refractivity contribution in [3.63, 3.8) is 0 Å². The maximum Gasteiger partial charge on any atom is 0.242 e. The van der Waals surface area contributed by atoms with Gasteiger partial charge in [0.25, 0.3) is 0 Å². The number of morpholine rings is 1. The first-order valence-corrected chi connectivity index (χ1v) is 7.50. The van der Waals surface area contributed by atoms with Gasteiger partial charge in [0.05, 0.1) is 18.2 Å². The molecule has 0 bridgehead atoms. The largest absolute Gasteiger partial charge is 0.375 e. The molecule has 5 heteroatoms. The molecule has 108 valence electrons. The Labute approximate surface area is 114 Å². The number of amides is 1. The molecule has 3 fully saturated rings. The summed E-state index contributed by atoms with van der Waals surface area (Å²) in [5, 5.41) is 0. The Hall–Kier alpha value is -0.650. The van der Waals surface area contributed by atoms with E-state index in [2.05, 4.69) is 0 Å². The van der Waals surface area contributed by atoms with Crippen LogP contribution in [0.15, 0.2) is 0 Å². The molecule has 19 heavy (non-hydrogen) atoms. The SMILES string of the molecule is NC1(C(=O)N2CCO[C@@H]([C@@H]3CCCO3)C2)CCCC1. The van der Waals surface area contributed by atoms with Crippen LogP contribution in [-0.2, 0) is 14.3 Å². The standard InChI is InChI=1S/C14H24N2O3/c15-14(5-1-2-6-14)13(17)16-7-9-19-12(10-16)11-4-3-8-18-11/h11-12H,1-10,15H2/t11-,12+/m0/s1. The van der Waals surface area contributed by atoms with Crippen LogP contribution in [0, 0.1) is 0 Å². The van der Waals surface area contributed by atoms with Crippen molar-refractivity contribution in [2.24, 2.45) is 5.73 Å². The van der Waals surface area contributed by atoms with Gasteiger partial charge in [-0.2, -0.15) is 0 Å². The summed E-state index contributed by atoms with van der Waals surface area (Å²) in [5.74, 6) is 0.122. The van der Waals surface area contributed by atoms with Crippen LogP contribution >= 0.6 is 0 Å². The van der Waals surface area contributed by atoms with Gasteiger partial charge in [0.2, 0.25) is 5.91 Å². The third-order valence-corrected chi connectivity index (χ3v) is 4.68. The van der Waals surface area contributed by atoms with Gasteiger partial charge in [0.15, 0.2) is 0 Å². The topological polar surface area (TPSA) is 64.8 Å². The summed E-state index contributed by atoms with van der Waals surface area (Å²) in [4.78, 5) is 14.5. The van der Waals surface area contributed by atoms with Gasteiger partial charge < -0.3 is 20.1 Å². The highest BCUT2D eigenvalue weighted by atomic mass is 16.5. The lowest BCUT2D eigenvalue weighted by Gasteiger charge is -2.39. The number of nitrogens with two attached hydrogens (primary N) is 1. The summed E-state index contributed by atoms with van der Waals surface area (Å²) in [6.45, 7) is 2.73. The molecule has 1 aliphatic carbocycles. The molecule has 0 aromatic heterocycles. The lowest BCUT2D eigenvalue weighted by Crippen LogP contribution is -2.58. The van der Waals surface area contributed by atoms with E-state index in [4.69, 9.17) is 15.2 Å². The monoisotopic (exact) mass is 268 g/mol. The summed E-state index contributed by atoms with van der Waals surface area (Å²) in [5.41, 5.74) is 5.66. The Kier molecular flexibility index (Phi) is 3.78. The fourth-order valence-electron chi connectivity index (χ4n) is 3.52. The molecule has 0 aromatic carbocycles. The molecule has 1 saturated carbocycles. The minimum absolute atomic E-state index is 0.0326. The average Bonchev–Trinajstić information content (AvgIpc) is 3.10. The van der Waals surface area contributed by atoms with Crippen molar-refractivity contribution in [1.29, 1.82) is 0 Å². The van der Waals surface area contributed by atoms with Crippen molar-refractivity contribution in [1.82, 2.24) is 4.90 Å². The molecule has 0 unspecified atom stereocenters. The van der Waals surface area contributed by atoms with Crippen LogP contribution in [0.2, 0.25) is 0 Å². The van der Waals surface area contributed by atoms with Crippen LogP contribution in [0.1, 0.15) is 38.5 Å². The van der Waals surface area contributed by atoms with E-state index in [1.165, 1.54) is 0 Å². The highest BCUT2D eigenvalue weighted by Gasteiger charge is 2.42. The van der Waals surface area contributed by atoms with E-state index in [1.807, 2.05) is 4.90 Å². The van der Waals surface area contributed by atoms with Gasteiger partial charge >= 0.3 is 0 Å². The van der Waals surface area contributed by atoms with Crippen LogP contribution < -0.4 is 5.73 Å². The second-order valence-corrected chi connectivity index (χ2v) is 6.08. The molecule has 1 amide bonds. The maximum absolute atomic E-state index is 12.6. The number of carbonyl (C=O) groups excluding carboxylic acids is 1. The molecule has 5 nitrogen and oxygen atoms in total. The Morgan fingerprint density at radius 3 is 2.53 bits per heavy atom. The molecule has 0 radical (unpaired) electrons. The lowest BCUT2D eigenvalue weighted by molar-refractivity contribution is -0.150.